The molecule has 1 aliphatic heterocycles. The van der Waals surface area contributed by atoms with Crippen molar-refractivity contribution < 1.29 is 13.2 Å². The standard InChI is InChI=1S/C19H22F3N5S/c20-19(21,22)15-13(4-3-9-24-15)28-14-12-25-17(26-16(14)23)27-10-7-18(8-11-27)5-1-2-6-18/h3-4,9,12H,1-2,5-8,10-11H2,(H2,23,25,26). The van der Waals surface area contributed by atoms with Gasteiger partial charge in [-0.3, -0.25) is 4.98 Å². The number of pyridine rings is 1. The Morgan fingerprint density at radius 1 is 1.04 bits per heavy atom. The van der Waals surface area contributed by atoms with Gasteiger partial charge in [0.05, 0.1) is 4.90 Å². The Balaban J connectivity index is 1.49. The summed E-state index contributed by atoms with van der Waals surface area (Å²) in [6, 6.07) is 2.84. The SMILES string of the molecule is Nc1nc(N2CCC3(CCCC3)CC2)ncc1Sc1cccnc1C(F)(F)F. The second-order valence-corrected chi connectivity index (χ2v) is 8.65. The third kappa shape index (κ3) is 3.90. The topological polar surface area (TPSA) is 67.9 Å². The van der Waals surface area contributed by atoms with Gasteiger partial charge in [0.1, 0.15) is 5.82 Å². The van der Waals surface area contributed by atoms with E-state index in [-0.39, 0.29) is 10.7 Å². The van der Waals surface area contributed by atoms with E-state index in [1.165, 1.54) is 44.0 Å². The van der Waals surface area contributed by atoms with Crippen molar-refractivity contribution in [1.82, 2.24) is 15.0 Å². The first-order chi connectivity index (χ1) is 13.4. The summed E-state index contributed by atoms with van der Waals surface area (Å²) in [5, 5.41) is 0. The van der Waals surface area contributed by atoms with Crippen molar-refractivity contribution in [3.8, 4) is 0 Å². The Bertz CT molecular complexity index is 842. The van der Waals surface area contributed by atoms with Crippen molar-refractivity contribution in [1.29, 1.82) is 0 Å². The van der Waals surface area contributed by atoms with Gasteiger partial charge in [0, 0.05) is 30.4 Å². The lowest BCUT2D eigenvalue weighted by atomic mass is 9.77. The van der Waals surface area contributed by atoms with Gasteiger partial charge in [-0.1, -0.05) is 24.6 Å². The number of nitrogen functional groups attached to an aromatic ring is 1. The molecule has 0 amide bonds. The molecule has 150 valence electrons. The molecule has 2 aromatic heterocycles. The Labute approximate surface area is 166 Å². The number of halogens is 3. The van der Waals surface area contributed by atoms with Crippen molar-refractivity contribution in [3.05, 3.63) is 30.2 Å². The second kappa shape index (κ2) is 7.42. The van der Waals surface area contributed by atoms with E-state index in [0.29, 0.717) is 16.3 Å². The Kier molecular flexibility index (Phi) is 5.11. The molecule has 4 rings (SSSR count). The van der Waals surface area contributed by atoms with Crippen LogP contribution >= 0.6 is 11.8 Å². The highest BCUT2D eigenvalue weighted by Crippen LogP contribution is 2.46. The van der Waals surface area contributed by atoms with Crippen LogP contribution in [0.3, 0.4) is 0 Å². The van der Waals surface area contributed by atoms with Crippen molar-refractivity contribution in [2.24, 2.45) is 5.41 Å². The molecule has 1 saturated carbocycles. The highest BCUT2D eigenvalue weighted by Gasteiger charge is 2.38. The van der Waals surface area contributed by atoms with Crippen LogP contribution in [0.1, 0.15) is 44.2 Å². The first-order valence-electron chi connectivity index (χ1n) is 9.44. The predicted molar refractivity (Wildman–Crippen MR) is 102 cm³/mol. The van der Waals surface area contributed by atoms with Crippen molar-refractivity contribution in [3.63, 3.8) is 0 Å². The number of piperidine rings is 1. The fourth-order valence-electron chi connectivity index (χ4n) is 4.22. The van der Waals surface area contributed by atoms with E-state index in [4.69, 9.17) is 5.73 Å². The molecule has 0 unspecified atom stereocenters. The van der Waals surface area contributed by atoms with Gasteiger partial charge < -0.3 is 10.6 Å². The summed E-state index contributed by atoms with van der Waals surface area (Å²) in [5.41, 5.74) is 5.61. The maximum atomic E-state index is 13.1. The van der Waals surface area contributed by atoms with Crippen LogP contribution in [0.4, 0.5) is 24.9 Å². The smallest absolute Gasteiger partial charge is 0.383 e. The molecule has 2 N–H and O–H groups in total. The molecule has 2 aliphatic rings. The quantitative estimate of drug-likeness (QED) is 0.787. The van der Waals surface area contributed by atoms with Crippen LogP contribution in [-0.2, 0) is 6.18 Å². The van der Waals surface area contributed by atoms with Gasteiger partial charge in [-0.15, -0.1) is 0 Å². The Hall–Kier alpha value is -2.03. The third-order valence-electron chi connectivity index (χ3n) is 5.80. The number of alkyl halides is 3. The lowest BCUT2D eigenvalue weighted by Gasteiger charge is -2.39. The molecular formula is C19H22F3N5S. The summed E-state index contributed by atoms with van der Waals surface area (Å²) < 4.78 is 39.4. The van der Waals surface area contributed by atoms with E-state index in [9.17, 15) is 13.2 Å². The zero-order valence-electron chi connectivity index (χ0n) is 15.4. The molecule has 28 heavy (non-hydrogen) atoms. The molecule has 0 atom stereocenters. The summed E-state index contributed by atoms with van der Waals surface area (Å²) in [6.45, 7) is 1.79. The number of hydrogen-bond donors (Lipinski definition) is 1. The molecule has 0 radical (unpaired) electrons. The molecule has 1 spiro atoms. The molecule has 2 aromatic rings. The van der Waals surface area contributed by atoms with Crippen molar-refractivity contribution in [2.45, 2.75) is 54.5 Å². The van der Waals surface area contributed by atoms with Crippen LogP contribution in [0.5, 0.6) is 0 Å². The highest BCUT2D eigenvalue weighted by molar-refractivity contribution is 7.99. The number of rotatable bonds is 3. The summed E-state index contributed by atoms with van der Waals surface area (Å²) in [7, 11) is 0. The summed E-state index contributed by atoms with van der Waals surface area (Å²) in [6.07, 6.45) is 5.65. The molecule has 5 nitrogen and oxygen atoms in total. The third-order valence-corrected chi connectivity index (χ3v) is 6.88. The van der Waals surface area contributed by atoms with E-state index >= 15 is 0 Å². The van der Waals surface area contributed by atoms with E-state index in [2.05, 4.69) is 19.9 Å². The number of aromatic nitrogens is 3. The van der Waals surface area contributed by atoms with Gasteiger partial charge in [-0.25, -0.2) is 4.98 Å². The second-order valence-electron chi connectivity index (χ2n) is 7.56. The van der Waals surface area contributed by atoms with E-state index in [1.807, 2.05) is 0 Å². The van der Waals surface area contributed by atoms with Crippen LogP contribution in [0.25, 0.3) is 0 Å². The molecule has 0 aromatic carbocycles. The van der Waals surface area contributed by atoms with Crippen LogP contribution in [-0.4, -0.2) is 28.0 Å². The molecule has 1 saturated heterocycles. The lowest BCUT2D eigenvalue weighted by molar-refractivity contribution is -0.143. The van der Waals surface area contributed by atoms with E-state index < -0.39 is 11.9 Å². The molecular weight excluding hydrogens is 387 g/mol. The summed E-state index contributed by atoms with van der Waals surface area (Å²) in [5.74, 6) is 0.741. The van der Waals surface area contributed by atoms with Gasteiger partial charge in [-0.05, 0) is 43.2 Å². The van der Waals surface area contributed by atoms with Gasteiger partial charge in [-0.2, -0.15) is 18.2 Å². The van der Waals surface area contributed by atoms with Gasteiger partial charge >= 0.3 is 6.18 Å². The number of nitrogens with two attached hydrogens (primary N) is 1. The molecule has 1 aliphatic carbocycles. The number of hydrogen-bond acceptors (Lipinski definition) is 6. The average molecular weight is 409 g/mol. The monoisotopic (exact) mass is 409 g/mol. The zero-order chi connectivity index (χ0) is 19.8. The van der Waals surface area contributed by atoms with Gasteiger partial charge in [0.15, 0.2) is 5.69 Å². The fraction of sp³-hybridized carbons (Fsp3) is 0.526. The highest BCUT2D eigenvalue weighted by atomic mass is 32.2. The minimum Gasteiger partial charge on any atom is -0.383 e. The van der Waals surface area contributed by atoms with Crippen LogP contribution in [0, 0.1) is 5.41 Å². The first-order valence-corrected chi connectivity index (χ1v) is 10.3. The lowest BCUT2D eigenvalue weighted by Crippen LogP contribution is -2.39. The normalized spacial score (nSPS) is 19.3. The summed E-state index contributed by atoms with van der Waals surface area (Å²) in [4.78, 5) is 14.7. The molecule has 2 fully saturated rings. The van der Waals surface area contributed by atoms with Crippen LogP contribution < -0.4 is 10.6 Å². The van der Waals surface area contributed by atoms with Gasteiger partial charge in [0.25, 0.3) is 0 Å². The summed E-state index contributed by atoms with van der Waals surface area (Å²) >= 11 is 0.887. The average Bonchev–Trinajstić information content (AvgIpc) is 3.12. The first kappa shape index (κ1) is 19.3. The molecule has 3 heterocycles. The number of nitrogens with zero attached hydrogens (tertiary/aromatic N) is 4. The minimum atomic E-state index is -4.52. The molecule has 0 bridgehead atoms. The largest absolute Gasteiger partial charge is 0.434 e. The fourth-order valence-corrected chi connectivity index (χ4v) is 5.12. The van der Waals surface area contributed by atoms with Crippen molar-refractivity contribution >= 4 is 23.5 Å². The van der Waals surface area contributed by atoms with Crippen LogP contribution in [0.2, 0.25) is 0 Å². The zero-order valence-corrected chi connectivity index (χ0v) is 16.2. The van der Waals surface area contributed by atoms with E-state index in [1.54, 1.807) is 0 Å². The maximum Gasteiger partial charge on any atom is 0.434 e. The van der Waals surface area contributed by atoms with E-state index in [0.717, 1.165) is 43.9 Å². The Morgan fingerprint density at radius 2 is 1.75 bits per heavy atom. The minimum absolute atomic E-state index is 0.0146. The van der Waals surface area contributed by atoms with Crippen LogP contribution in [0.15, 0.2) is 34.3 Å². The molecule has 9 heteroatoms. The number of anilines is 2. The Morgan fingerprint density at radius 3 is 2.39 bits per heavy atom. The van der Waals surface area contributed by atoms with Gasteiger partial charge in [0.2, 0.25) is 5.95 Å². The maximum absolute atomic E-state index is 13.1. The van der Waals surface area contributed by atoms with Crippen molar-refractivity contribution in [2.75, 3.05) is 23.7 Å². The predicted octanol–water partition coefficient (Wildman–Crippen LogP) is 4.78.